The van der Waals surface area contributed by atoms with Gasteiger partial charge in [-0.05, 0) is 0 Å². The number of hydrogen-bond acceptors (Lipinski definition) is 4. The van der Waals surface area contributed by atoms with E-state index < -0.39 is 0 Å². The summed E-state index contributed by atoms with van der Waals surface area (Å²) in [5.74, 6) is 3.86. The molecule has 0 radical (unpaired) electrons. The van der Waals surface area contributed by atoms with Gasteiger partial charge in [-0.3, -0.25) is 0 Å². The van der Waals surface area contributed by atoms with E-state index in [2.05, 4.69) is 5.82 Å². The van der Waals surface area contributed by atoms with Crippen LogP contribution in [0.25, 0.3) is 6.08 Å². The van der Waals surface area contributed by atoms with Crippen LogP contribution in [0.3, 0.4) is 0 Å². The molecule has 0 aliphatic carbocycles. The van der Waals surface area contributed by atoms with Crippen molar-refractivity contribution in [3.63, 3.8) is 0 Å². The first-order valence-corrected chi connectivity index (χ1v) is 10.8. The normalized spacial score (nSPS) is 11.2. The van der Waals surface area contributed by atoms with Crippen molar-refractivity contribution < 1.29 is 19.0 Å². The number of hydrogen-bond donors (Lipinski definition) is 0. The molecule has 0 atom stereocenters. The standard InChI is InChI=1S/C20H21ClO4Se/c1-12(8-13-6-7-16(23-2)15(21)9-13)19(22)14-10-17(24-3)20(25-4)18(11-14)26-5/h6-11H,1-5H3/b12-8+. The van der Waals surface area contributed by atoms with Crippen LogP contribution in [0.4, 0.5) is 0 Å². The van der Waals surface area contributed by atoms with Crippen LogP contribution < -0.4 is 18.7 Å². The minimum atomic E-state index is -0.0663. The number of halogens is 1. The fourth-order valence-corrected chi connectivity index (χ4v) is 4.08. The van der Waals surface area contributed by atoms with E-state index in [0.29, 0.717) is 33.4 Å². The first kappa shape index (κ1) is 20.4. The van der Waals surface area contributed by atoms with Gasteiger partial charge in [0.05, 0.1) is 0 Å². The summed E-state index contributed by atoms with van der Waals surface area (Å²) in [5.41, 5.74) is 2.02. The van der Waals surface area contributed by atoms with E-state index in [-0.39, 0.29) is 20.7 Å². The van der Waals surface area contributed by atoms with Crippen LogP contribution in [-0.4, -0.2) is 42.1 Å². The number of Topliss-reactive ketones (excluding diaryl/α,β-unsaturated/α-hetero) is 1. The summed E-state index contributed by atoms with van der Waals surface area (Å²) in [5, 5.41) is 0.503. The molecule has 0 aliphatic rings. The molecule has 0 heterocycles. The Kier molecular flexibility index (Phi) is 7.15. The van der Waals surface area contributed by atoms with Gasteiger partial charge in [-0.2, -0.15) is 0 Å². The van der Waals surface area contributed by atoms with Crippen LogP contribution in [-0.2, 0) is 0 Å². The summed E-state index contributed by atoms with van der Waals surface area (Å²) in [6, 6.07) is 9.00. The third kappa shape index (κ3) is 4.42. The maximum atomic E-state index is 12.9. The van der Waals surface area contributed by atoms with Crippen molar-refractivity contribution in [3.05, 3.63) is 52.1 Å². The van der Waals surface area contributed by atoms with Crippen molar-refractivity contribution in [2.45, 2.75) is 12.7 Å². The molecule has 2 aromatic rings. The Balaban J connectivity index is 2.40. The number of carbonyl (C=O) groups excluding carboxylic acids is 1. The summed E-state index contributed by atoms with van der Waals surface area (Å²) < 4.78 is 17.0. The molecule has 26 heavy (non-hydrogen) atoms. The molecule has 0 amide bonds. The van der Waals surface area contributed by atoms with E-state index in [1.807, 2.05) is 12.1 Å². The van der Waals surface area contributed by atoms with Crippen LogP contribution in [0.2, 0.25) is 10.8 Å². The van der Waals surface area contributed by atoms with E-state index in [0.717, 1.165) is 10.0 Å². The van der Waals surface area contributed by atoms with Gasteiger partial charge >= 0.3 is 165 Å². The van der Waals surface area contributed by atoms with Gasteiger partial charge < -0.3 is 0 Å². The molecule has 0 saturated carbocycles. The van der Waals surface area contributed by atoms with E-state index in [1.165, 1.54) is 0 Å². The quantitative estimate of drug-likeness (QED) is 0.371. The number of allylic oxidation sites excluding steroid dienone is 1. The molecule has 0 saturated heterocycles. The maximum absolute atomic E-state index is 12.9. The van der Waals surface area contributed by atoms with Gasteiger partial charge in [0, 0.05) is 0 Å². The SMILES string of the molecule is COc1ccc(/C=C(\C)C(=O)c2cc(OC)c(OC)c([Se]C)c2)cc1Cl. The van der Waals surface area contributed by atoms with Crippen molar-refractivity contribution in [2.75, 3.05) is 21.3 Å². The van der Waals surface area contributed by atoms with Gasteiger partial charge in [-0.1, -0.05) is 0 Å². The van der Waals surface area contributed by atoms with Crippen LogP contribution in [0.15, 0.2) is 35.9 Å². The summed E-state index contributed by atoms with van der Waals surface area (Å²) in [4.78, 5) is 12.9. The fourth-order valence-electron chi connectivity index (χ4n) is 2.53. The Labute approximate surface area is 165 Å². The van der Waals surface area contributed by atoms with Crippen molar-refractivity contribution in [3.8, 4) is 17.2 Å². The van der Waals surface area contributed by atoms with Crippen LogP contribution in [0.5, 0.6) is 17.2 Å². The Morgan fingerprint density at radius 2 is 1.73 bits per heavy atom. The minimum absolute atomic E-state index is 0.0663. The Morgan fingerprint density at radius 3 is 2.27 bits per heavy atom. The van der Waals surface area contributed by atoms with E-state index >= 15 is 0 Å². The zero-order valence-electron chi connectivity index (χ0n) is 15.4. The van der Waals surface area contributed by atoms with E-state index in [1.54, 1.807) is 52.5 Å². The molecule has 0 N–H and O–H groups in total. The number of methoxy groups -OCH3 is 3. The van der Waals surface area contributed by atoms with Gasteiger partial charge in [-0.25, -0.2) is 0 Å². The average Bonchev–Trinajstić information content (AvgIpc) is 2.66. The van der Waals surface area contributed by atoms with Crippen LogP contribution >= 0.6 is 11.6 Å². The molecule has 2 aromatic carbocycles. The number of ketones is 1. The Hall–Kier alpha value is -1.94. The summed E-state index contributed by atoms with van der Waals surface area (Å²) in [6.07, 6.45) is 1.81. The zero-order valence-corrected chi connectivity index (χ0v) is 17.9. The van der Waals surface area contributed by atoms with Gasteiger partial charge in [0.1, 0.15) is 0 Å². The Bertz CT molecular complexity index is 821. The number of rotatable bonds is 7. The summed E-state index contributed by atoms with van der Waals surface area (Å²) in [7, 11) is 4.74. The first-order chi connectivity index (χ1) is 12.4. The molecular weight excluding hydrogens is 419 g/mol. The van der Waals surface area contributed by atoms with Gasteiger partial charge in [0.15, 0.2) is 0 Å². The monoisotopic (exact) mass is 440 g/mol. The molecule has 0 fully saturated rings. The molecular formula is C20H21ClO4Se. The molecule has 0 unspecified atom stereocenters. The third-order valence-electron chi connectivity index (χ3n) is 3.84. The molecule has 0 aromatic heterocycles. The van der Waals surface area contributed by atoms with Crippen molar-refractivity contribution in [1.82, 2.24) is 0 Å². The predicted octanol–water partition coefficient (Wildman–Crippen LogP) is 4.03. The van der Waals surface area contributed by atoms with Gasteiger partial charge in [0.2, 0.25) is 0 Å². The molecule has 0 spiro atoms. The van der Waals surface area contributed by atoms with Gasteiger partial charge in [0.25, 0.3) is 0 Å². The summed E-state index contributed by atoms with van der Waals surface area (Å²) >= 11 is 6.32. The molecule has 4 nitrogen and oxygen atoms in total. The summed E-state index contributed by atoms with van der Waals surface area (Å²) in [6.45, 7) is 1.79. The second-order valence-electron chi connectivity index (χ2n) is 5.46. The van der Waals surface area contributed by atoms with Gasteiger partial charge in [-0.15, -0.1) is 0 Å². The topological polar surface area (TPSA) is 44.8 Å². The first-order valence-electron chi connectivity index (χ1n) is 7.81. The predicted molar refractivity (Wildman–Crippen MR) is 107 cm³/mol. The molecule has 2 rings (SSSR count). The number of benzene rings is 2. The average molecular weight is 440 g/mol. The zero-order chi connectivity index (χ0) is 19.3. The van der Waals surface area contributed by atoms with Crippen LogP contribution in [0, 0.1) is 0 Å². The Morgan fingerprint density at radius 1 is 1.04 bits per heavy atom. The van der Waals surface area contributed by atoms with Crippen molar-refractivity contribution in [2.24, 2.45) is 0 Å². The number of ether oxygens (including phenoxy) is 3. The molecule has 0 bridgehead atoms. The third-order valence-corrected chi connectivity index (χ3v) is 5.70. The van der Waals surface area contributed by atoms with E-state index in [4.69, 9.17) is 25.8 Å². The van der Waals surface area contributed by atoms with Crippen molar-refractivity contribution >= 4 is 42.9 Å². The molecule has 6 heteroatoms. The molecule has 138 valence electrons. The van der Waals surface area contributed by atoms with E-state index in [9.17, 15) is 4.79 Å². The fraction of sp³-hybridized carbons (Fsp3) is 0.250. The number of carbonyl (C=O) groups is 1. The second kappa shape index (κ2) is 9.13. The van der Waals surface area contributed by atoms with Crippen LogP contribution in [0.1, 0.15) is 22.8 Å². The van der Waals surface area contributed by atoms with Crippen molar-refractivity contribution in [1.29, 1.82) is 0 Å². The second-order valence-corrected chi connectivity index (χ2v) is 7.65. The molecule has 0 aliphatic heterocycles.